The number of oxime groups is 1. The van der Waals surface area contributed by atoms with Gasteiger partial charge in [-0.2, -0.15) is 5.10 Å². The van der Waals surface area contributed by atoms with E-state index in [1.54, 1.807) is 24.8 Å². The molecule has 0 aliphatic heterocycles. The fourth-order valence-electron chi connectivity index (χ4n) is 1.53. The molecular weight excluding hydrogens is 234 g/mol. The lowest BCUT2D eigenvalue weighted by Crippen LogP contribution is -2.31. The van der Waals surface area contributed by atoms with Gasteiger partial charge in [0.1, 0.15) is 11.5 Å². The Balaban J connectivity index is 2.71. The van der Waals surface area contributed by atoms with E-state index in [2.05, 4.69) is 10.3 Å². The molecule has 1 rings (SSSR count). The van der Waals surface area contributed by atoms with E-state index in [1.807, 2.05) is 6.92 Å². The van der Waals surface area contributed by atoms with E-state index in [9.17, 15) is 4.79 Å². The number of nitrogens with two attached hydrogens (primary N) is 1. The average Bonchev–Trinajstić information content (AvgIpc) is 2.75. The number of carbonyl (C=O) groups is 1. The zero-order chi connectivity index (χ0) is 13.7. The van der Waals surface area contributed by atoms with Gasteiger partial charge >= 0.3 is 0 Å². The third kappa shape index (κ3) is 3.22. The maximum Gasteiger partial charge on any atom is 0.271 e. The van der Waals surface area contributed by atoms with Crippen LogP contribution in [0.2, 0.25) is 0 Å². The molecule has 7 nitrogen and oxygen atoms in total. The maximum absolute atomic E-state index is 12.1. The van der Waals surface area contributed by atoms with Crippen molar-refractivity contribution in [2.24, 2.45) is 17.9 Å². The Bertz CT molecular complexity index is 452. The summed E-state index contributed by atoms with van der Waals surface area (Å²) in [4.78, 5) is 13.6. The second kappa shape index (κ2) is 6.04. The first-order valence-corrected chi connectivity index (χ1v) is 5.74. The fraction of sp³-hybridized carbons (Fsp3) is 0.545. The molecule has 7 heteroatoms. The van der Waals surface area contributed by atoms with Crippen molar-refractivity contribution in [2.75, 3.05) is 13.6 Å². The monoisotopic (exact) mass is 253 g/mol. The molecule has 0 aliphatic rings. The summed E-state index contributed by atoms with van der Waals surface area (Å²) in [7, 11) is 3.41. The zero-order valence-electron chi connectivity index (χ0n) is 10.9. The summed E-state index contributed by atoms with van der Waals surface area (Å²) in [5.41, 5.74) is 6.78. The van der Waals surface area contributed by atoms with Crippen LogP contribution in [-0.2, 0) is 13.5 Å². The summed E-state index contributed by atoms with van der Waals surface area (Å²) in [5.74, 6) is -0.0238. The van der Waals surface area contributed by atoms with Crippen molar-refractivity contribution in [2.45, 2.75) is 19.8 Å². The molecule has 0 bridgehead atoms. The molecule has 0 saturated carbocycles. The molecule has 0 aromatic carbocycles. The molecule has 3 N–H and O–H groups in total. The Hall–Kier alpha value is -2.05. The smallest absolute Gasteiger partial charge is 0.271 e. The van der Waals surface area contributed by atoms with Gasteiger partial charge in [0.15, 0.2) is 0 Å². The van der Waals surface area contributed by atoms with Gasteiger partial charge in [0.05, 0.1) is 5.69 Å². The van der Waals surface area contributed by atoms with Crippen molar-refractivity contribution in [3.8, 4) is 0 Å². The third-order valence-electron chi connectivity index (χ3n) is 2.69. The molecule has 0 atom stereocenters. The van der Waals surface area contributed by atoms with Gasteiger partial charge < -0.3 is 15.8 Å². The molecule has 18 heavy (non-hydrogen) atoms. The van der Waals surface area contributed by atoms with E-state index in [0.717, 1.165) is 12.1 Å². The highest BCUT2D eigenvalue weighted by molar-refractivity contribution is 5.92. The number of amidine groups is 1. The Morgan fingerprint density at radius 2 is 2.33 bits per heavy atom. The molecule has 100 valence electrons. The zero-order valence-corrected chi connectivity index (χ0v) is 10.9. The number of carbonyl (C=O) groups excluding carboxylic acids is 1. The van der Waals surface area contributed by atoms with Crippen LogP contribution in [0.5, 0.6) is 0 Å². The standard InChI is InChI=1S/C11H19N5O2/c1-4-8-7-9(16(3)13-8)11(17)15(2)6-5-10(12)14-18/h7,18H,4-6H2,1-3H3,(H2,12,14). The van der Waals surface area contributed by atoms with E-state index < -0.39 is 0 Å². The first-order chi connectivity index (χ1) is 8.49. The maximum atomic E-state index is 12.1. The highest BCUT2D eigenvalue weighted by atomic mass is 16.4. The van der Waals surface area contributed by atoms with Gasteiger partial charge in [0.25, 0.3) is 5.91 Å². The van der Waals surface area contributed by atoms with Crippen molar-refractivity contribution in [1.29, 1.82) is 0 Å². The molecule has 0 aliphatic carbocycles. The number of aromatic nitrogens is 2. The van der Waals surface area contributed by atoms with Crippen LogP contribution >= 0.6 is 0 Å². The first kappa shape index (κ1) is 14.0. The van der Waals surface area contributed by atoms with E-state index in [0.29, 0.717) is 18.7 Å². The van der Waals surface area contributed by atoms with Crippen LogP contribution in [0.1, 0.15) is 29.5 Å². The van der Waals surface area contributed by atoms with Crippen molar-refractivity contribution in [3.05, 3.63) is 17.5 Å². The molecule has 1 aromatic rings. The minimum absolute atomic E-state index is 0.105. The molecule has 0 unspecified atom stereocenters. The molecule has 0 saturated heterocycles. The fourth-order valence-corrected chi connectivity index (χ4v) is 1.53. The number of aryl methyl sites for hydroxylation is 2. The van der Waals surface area contributed by atoms with Crippen molar-refractivity contribution in [1.82, 2.24) is 14.7 Å². The predicted molar refractivity (Wildman–Crippen MR) is 67.6 cm³/mol. The molecule has 1 amide bonds. The number of hydrogen-bond donors (Lipinski definition) is 2. The topological polar surface area (TPSA) is 96.7 Å². The lowest BCUT2D eigenvalue weighted by atomic mass is 10.2. The molecule has 0 fully saturated rings. The number of amides is 1. The van der Waals surface area contributed by atoms with E-state index in [4.69, 9.17) is 10.9 Å². The SMILES string of the molecule is CCc1cc(C(=O)N(C)CCC(N)=NO)n(C)n1. The van der Waals surface area contributed by atoms with Crippen LogP contribution < -0.4 is 5.73 Å². The molecule has 0 spiro atoms. The van der Waals surface area contributed by atoms with Gasteiger partial charge in [0.2, 0.25) is 0 Å². The quantitative estimate of drug-likeness (QED) is 0.339. The molecular formula is C11H19N5O2. The highest BCUT2D eigenvalue weighted by Crippen LogP contribution is 2.07. The van der Waals surface area contributed by atoms with E-state index in [-0.39, 0.29) is 11.7 Å². The Labute approximate surface area is 106 Å². The predicted octanol–water partition coefficient (Wildman–Crippen LogP) is 0.191. The van der Waals surface area contributed by atoms with Gasteiger partial charge in [-0.05, 0) is 12.5 Å². The minimum atomic E-state index is -0.129. The van der Waals surface area contributed by atoms with Crippen LogP contribution in [-0.4, -0.2) is 45.2 Å². The lowest BCUT2D eigenvalue weighted by molar-refractivity contribution is 0.0787. The number of nitrogens with zero attached hydrogens (tertiary/aromatic N) is 4. The molecule has 0 radical (unpaired) electrons. The average molecular weight is 253 g/mol. The van der Waals surface area contributed by atoms with Gasteiger partial charge in [-0.1, -0.05) is 12.1 Å². The van der Waals surface area contributed by atoms with Crippen LogP contribution in [0.4, 0.5) is 0 Å². The summed E-state index contributed by atoms with van der Waals surface area (Å²) < 4.78 is 1.57. The Kier molecular flexibility index (Phi) is 4.70. The van der Waals surface area contributed by atoms with Crippen LogP contribution in [0.15, 0.2) is 11.2 Å². The Morgan fingerprint density at radius 1 is 1.67 bits per heavy atom. The third-order valence-corrected chi connectivity index (χ3v) is 2.69. The molecule has 1 aromatic heterocycles. The summed E-state index contributed by atoms with van der Waals surface area (Å²) in [6.45, 7) is 2.38. The second-order valence-electron chi connectivity index (χ2n) is 4.07. The van der Waals surface area contributed by atoms with Crippen molar-refractivity contribution in [3.63, 3.8) is 0 Å². The second-order valence-corrected chi connectivity index (χ2v) is 4.07. The van der Waals surface area contributed by atoms with Gasteiger partial charge in [-0.3, -0.25) is 9.48 Å². The van der Waals surface area contributed by atoms with E-state index >= 15 is 0 Å². The largest absolute Gasteiger partial charge is 0.409 e. The minimum Gasteiger partial charge on any atom is -0.409 e. The summed E-state index contributed by atoms with van der Waals surface area (Å²) in [6, 6.07) is 1.78. The van der Waals surface area contributed by atoms with Crippen molar-refractivity contribution < 1.29 is 10.0 Å². The Morgan fingerprint density at radius 3 is 2.83 bits per heavy atom. The first-order valence-electron chi connectivity index (χ1n) is 5.74. The van der Waals surface area contributed by atoms with Crippen LogP contribution in [0, 0.1) is 0 Å². The summed E-state index contributed by atoms with van der Waals surface area (Å²) in [6.07, 6.45) is 1.12. The van der Waals surface area contributed by atoms with Gasteiger partial charge in [-0.25, -0.2) is 0 Å². The normalized spacial score (nSPS) is 11.6. The summed E-state index contributed by atoms with van der Waals surface area (Å²) >= 11 is 0. The van der Waals surface area contributed by atoms with Crippen LogP contribution in [0.25, 0.3) is 0 Å². The van der Waals surface area contributed by atoms with E-state index in [1.165, 1.54) is 4.90 Å². The number of rotatable bonds is 5. The van der Waals surface area contributed by atoms with Gasteiger partial charge in [0, 0.05) is 27.1 Å². The van der Waals surface area contributed by atoms with Gasteiger partial charge in [-0.15, -0.1) is 0 Å². The molecule has 1 heterocycles. The highest BCUT2D eigenvalue weighted by Gasteiger charge is 2.16. The van der Waals surface area contributed by atoms with Crippen molar-refractivity contribution >= 4 is 11.7 Å². The van der Waals surface area contributed by atoms with Crippen LogP contribution in [0.3, 0.4) is 0 Å². The lowest BCUT2D eigenvalue weighted by Gasteiger charge is -2.16. The number of hydrogen-bond acceptors (Lipinski definition) is 4. The summed E-state index contributed by atoms with van der Waals surface area (Å²) in [5, 5.41) is 15.5.